The molecule has 0 saturated carbocycles. The van der Waals surface area contributed by atoms with E-state index in [0.717, 1.165) is 47.4 Å². The molecule has 3 aliphatic rings. The molecule has 3 amide bonds. The molecule has 0 aromatic heterocycles. The molecule has 44 heavy (non-hydrogen) atoms. The zero-order valence-electron chi connectivity index (χ0n) is 25.7. The van der Waals surface area contributed by atoms with Crippen LogP contribution in [0.4, 0.5) is 10.5 Å². The molecule has 4 N–H and O–H groups in total. The van der Waals surface area contributed by atoms with E-state index < -0.39 is 24.2 Å². The van der Waals surface area contributed by atoms with Crippen LogP contribution in [-0.2, 0) is 22.6 Å². The molecule has 2 saturated heterocycles. The number of aliphatic hydroxyl groups excluding tert-OH is 1. The zero-order valence-corrected chi connectivity index (χ0v) is 25.7. The lowest BCUT2D eigenvalue weighted by Gasteiger charge is -2.38. The number of amides is 3. The summed E-state index contributed by atoms with van der Waals surface area (Å²) in [5.41, 5.74) is 9.61. The number of unbranched alkanes of at least 4 members (excludes halogenated alkanes) is 1. The number of anilines is 1. The van der Waals surface area contributed by atoms with Gasteiger partial charge in [-0.3, -0.25) is 14.5 Å². The first-order valence-electron chi connectivity index (χ1n) is 15.7. The molecular weight excluding hydrogens is 562 g/mol. The quantitative estimate of drug-likeness (QED) is 0.335. The van der Waals surface area contributed by atoms with Crippen LogP contribution in [0.25, 0.3) is 0 Å². The van der Waals surface area contributed by atoms with Crippen molar-refractivity contribution in [2.45, 2.75) is 63.8 Å². The summed E-state index contributed by atoms with van der Waals surface area (Å²) in [6.07, 6.45) is 2.52. The fraction of sp³-hybridized carbons (Fsp3) is 0.545. The number of rotatable bonds is 12. The minimum atomic E-state index is -0.914. The van der Waals surface area contributed by atoms with Gasteiger partial charge in [0, 0.05) is 70.3 Å². The average molecular weight is 608 g/mol. The van der Waals surface area contributed by atoms with Gasteiger partial charge in [-0.15, -0.1) is 0 Å². The number of nitrogens with zero attached hydrogens (tertiary/aromatic N) is 4. The Balaban J connectivity index is 1.43. The molecule has 0 bridgehead atoms. The van der Waals surface area contributed by atoms with Crippen LogP contribution in [0.15, 0.2) is 42.5 Å². The van der Waals surface area contributed by atoms with E-state index in [2.05, 4.69) is 13.0 Å². The van der Waals surface area contributed by atoms with Gasteiger partial charge in [-0.05, 0) is 47.7 Å². The normalized spacial score (nSPS) is 23.5. The van der Waals surface area contributed by atoms with Crippen molar-refractivity contribution in [3.63, 3.8) is 0 Å². The summed E-state index contributed by atoms with van der Waals surface area (Å²) in [5.74, 6) is -1.27. The van der Waals surface area contributed by atoms with Gasteiger partial charge in [-0.25, -0.2) is 4.79 Å². The predicted octanol–water partition coefficient (Wildman–Crippen LogP) is 2.85. The number of likely N-dealkylation sites (tertiary alicyclic amines) is 1. The van der Waals surface area contributed by atoms with Crippen molar-refractivity contribution in [2.75, 3.05) is 51.3 Å². The number of hydrogen-bond donors (Lipinski definition) is 3. The van der Waals surface area contributed by atoms with Crippen molar-refractivity contribution >= 4 is 23.6 Å². The summed E-state index contributed by atoms with van der Waals surface area (Å²) in [6, 6.07) is 12.9. The van der Waals surface area contributed by atoms with Crippen molar-refractivity contribution in [3.05, 3.63) is 59.2 Å². The molecule has 0 aliphatic carbocycles. The summed E-state index contributed by atoms with van der Waals surface area (Å²) in [7, 11) is 1.57. The smallest absolute Gasteiger partial charge is 0.321 e. The molecule has 3 aliphatic heterocycles. The Morgan fingerprint density at radius 2 is 2.00 bits per heavy atom. The second-order valence-electron chi connectivity index (χ2n) is 12.1. The van der Waals surface area contributed by atoms with E-state index in [1.807, 2.05) is 41.3 Å². The van der Waals surface area contributed by atoms with Gasteiger partial charge in [0.15, 0.2) is 0 Å². The van der Waals surface area contributed by atoms with Gasteiger partial charge in [0.05, 0.1) is 19.1 Å². The summed E-state index contributed by atoms with van der Waals surface area (Å²) in [6.45, 7) is 4.80. The Kier molecular flexibility index (Phi) is 10.1. The van der Waals surface area contributed by atoms with E-state index in [4.69, 9.17) is 10.5 Å². The lowest BCUT2D eigenvalue weighted by molar-refractivity contribution is -0.143. The highest BCUT2D eigenvalue weighted by Crippen LogP contribution is 2.41. The third kappa shape index (κ3) is 6.69. The monoisotopic (exact) mass is 607 g/mol. The van der Waals surface area contributed by atoms with Crippen LogP contribution < -0.4 is 15.4 Å². The van der Waals surface area contributed by atoms with Gasteiger partial charge in [-0.2, -0.15) is 0 Å². The lowest BCUT2D eigenvalue weighted by Crippen LogP contribution is -2.53. The Morgan fingerprint density at radius 1 is 1.18 bits per heavy atom. The van der Waals surface area contributed by atoms with Crippen LogP contribution in [0, 0.1) is 5.92 Å². The number of nitrogens with two attached hydrogens (primary N) is 1. The molecule has 3 heterocycles. The maximum atomic E-state index is 14.1. The average Bonchev–Trinajstić information content (AvgIpc) is 3.64. The van der Waals surface area contributed by atoms with Crippen LogP contribution in [0.3, 0.4) is 0 Å². The standard InChI is InChI=1S/C33H45N5O6/c1-3-4-13-38(25-7-5-6-22(17-25)19-34)30(40)21-37-20-26(23-8-9-28-24(18-23)12-16-44-28)31(32(41)42)27(37)10-14-36-15-11-29(39)35(2)33(36)43/h5-9,17-18,26-27,29,31,39H,3-4,10-16,19-21,34H2,1-2H3,(H,41,42)/t26-,27+,29?,31-/m1/s1. The minimum Gasteiger partial charge on any atom is -0.493 e. The van der Waals surface area contributed by atoms with Crippen molar-refractivity contribution in [2.24, 2.45) is 11.7 Å². The largest absolute Gasteiger partial charge is 0.493 e. The molecular formula is C33H45N5O6. The molecule has 11 nitrogen and oxygen atoms in total. The fourth-order valence-corrected chi connectivity index (χ4v) is 6.86. The van der Waals surface area contributed by atoms with Crippen molar-refractivity contribution in [3.8, 4) is 5.75 Å². The first-order chi connectivity index (χ1) is 21.2. The van der Waals surface area contributed by atoms with Gasteiger partial charge < -0.3 is 35.4 Å². The predicted molar refractivity (Wildman–Crippen MR) is 166 cm³/mol. The highest BCUT2D eigenvalue weighted by molar-refractivity contribution is 5.95. The van der Waals surface area contributed by atoms with E-state index in [-0.39, 0.29) is 24.4 Å². The van der Waals surface area contributed by atoms with Crippen LogP contribution in [0.5, 0.6) is 5.75 Å². The van der Waals surface area contributed by atoms with Gasteiger partial charge in [0.1, 0.15) is 12.0 Å². The van der Waals surface area contributed by atoms with Gasteiger partial charge in [0.25, 0.3) is 0 Å². The Hall–Kier alpha value is -3.67. The Bertz CT molecular complexity index is 1350. The van der Waals surface area contributed by atoms with Gasteiger partial charge in [0.2, 0.25) is 5.91 Å². The number of carbonyl (C=O) groups excluding carboxylic acids is 2. The molecule has 1 unspecified atom stereocenters. The number of carboxylic acid groups (broad SMARTS) is 1. The number of hydrogen-bond acceptors (Lipinski definition) is 7. The molecule has 11 heteroatoms. The molecule has 2 aromatic rings. The summed E-state index contributed by atoms with van der Waals surface area (Å²) in [4.78, 5) is 46.7. The number of aliphatic carboxylic acids is 1. The Morgan fingerprint density at radius 3 is 2.75 bits per heavy atom. The number of aliphatic hydroxyl groups is 1. The number of carboxylic acids is 1. The highest BCUT2D eigenvalue weighted by Gasteiger charge is 2.47. The summed E-state index contributed by atoms with van der Waals surface area (Å²) >= 11 is 0. The van der Waals surface area contributed by atoms with E-state index >= 15 is 0 Å². The SMILES string of the molecule is CCCCN(C(=O)CN1C[C@H](c2ccc3c(c2)CCO3)[C@@H](C(=O)O)[C@@H]1CCN1CCC(O)N(C)C1=O)c1cccc(CN)c1. The van der Waals surface area contributed by atoms with Gasteiger partial charge >= 0.3 is 12.0 Å². The second-order valence-corrected chi connectivity index (χ2v) is 12.1. The highest BCUT2D eigenvalue weighted by atomic mass is 16.5. The molecule has 0 spiro atoms. The van der Waals surface area contributed by atoms with Crippen molar-refractivity contribution in [1.82, 2.24) is 14.7 Å². The Labute approximate surface area is 259 Å². The maximum Gasteiger partial charge on any atom is 0.321 e. The second kappa shape index (κ2) is 14.0. The van der Waals surface area contributed by atoms with E-state index in [1.165, 1.54) is 4.90 Å². The number of benzene rings is 2. The number of carbonyl (C=O) groups is 3. The van der Waals surface area contributed by atoms with Crippen molar-refractivity contribution < 1.29 is 29.3 Å². The van der Waals surface area contributed by atoms with E-state index in [0.29, 0.717) is 52.2 Å². The van der Waals surface area contributed by atoms with Crippen LogP contribution in [-0.4, -0.2) is 101 Å². The molecule has 2 aromatic carbocycles. The first kappa shape index (κ1) is 31.7. The number of fused-ring (bicyclic) bond motifs is 1. The lowest BCUT2D eigenvalue weighted by atomic mass is 9.83. The van der Waals surface area contributed by atoms with Crippen LogP contribution in [0.1, 0.15) is 55.2 Å². The van der Waals surface area contributed by atoms with E-state index in [9.17, 15) is 24.6 Å². The van der Waals surface area contributed by atoms with Crippen LogP contribution in [0.2, 0.25) is 0 Å². The number of urea groups is 1. The first-order valence-corrected chi connectivity index (χ1v) is 15.7. The maximum absolute atomic E-state index is 14.1. The molecule has 4 atom stereocenters. The third-order valence-corrected chi connectivity index (χ3v) is 9.38. The summed E-state index contributed by atoms with van der Waals surface area (Å²) in [5, 5.41) is 20.7. The molecule has 0 radical (unpaired) electrons. The topological polar surface area (TPSA) is 140 Å². The summed E-state index contributed by atoms with van der Waals surface area (Å²) < 4.78 is 5.69. The fourth-order valence-electron chi connectivity index (χ4n) is 6.86. The van der Waals surface area contributed by atoms with E-state index in [1.54, 1.807) is 16.8 Å². The zero-order chi connectivity index (χ0) is 31.4. The molecule has 2 fully saturated rings. The van der Waals surface area contributed by atoms with Crippen molar-refractivity contribution in [1.29, 1.82) is 0 Å². The third-order valence-electron chi connectivity index (χ3n) is 9.38. The molecule has 238 valence electrons. The number of ether oxygens (including phenoxy) is 1. The molecule has 5 rings (SSSR count). The van der Waals surface area contributed by atoms with Gasteiger partial charge in [-0.1, -0.05) is 37.6 Å². The minimum absolute atomic E-state index is 0.0577. The van der Waals surface area contributed by atoms with Crippen LogP contribution >= 0.6 is 0 Å².